The van der Waals surface area contributed by atoms with E-state index in [2.05, 4.69) is 53.5 Å². The molecule has 0 amide bonds. The standard InChI is InChI=1S/C52H87N3O16P2/c1-3-5-7-8-9-10-11-12-13-14-15-16-21-24-27-30-33-37-48(58)69-44(40-66-47(57)36-32-29-26-23-20-18-17-19-22-25-28-31-35-43(56)34-6-4-2)41-67-72(62,63)71-73(64,65)68-42-45-49(59)50(60)51(70-45)55-39-38-46(53)54-52(55)61/h12-13,17-18,22-23,25-26,31,35,38-39,43-45,49-51,56,59-60H,3-11,14-16,19-21,24,27-30,32-34,36-37,40-42H2,1-2H3,(H,62,63)(H,64,65)(H2,53,54,61)/b13-12-,18-17-,25-22-,26-23-,35-31-/t43-,44+,45+,49+,50+,51+/m0/s1. The molecule has 0 spiro atoms. The molecule has 1 aliphatic rings. The number of esters is 2. The maximum atomic E-state index is 12.9. The third-order valence-electron chi connectivity index (χ3n) is 11.6. The number of carbonyl (C=O) groups is 2. The number of phosphoric ester groups is 2. The van der Waals surface area contributed by atoms with E-state index in [1.54, 1.807) is 0 Å². The number of carbonyl (C=O) groups excluding carboxylic acids is 2. The van der Waals surface area contributed by atoms with Gasteiger partial charge in [-0.1, -0.05) is 152 Å². The maximum absolute atomic E-state index is 12.9. The van der Waals surface area contributed by atoms with Crippen molar-refractivity contribution < 1.29 is 71.4 Å². The van der Waals surface area contributed by atoms with Crippen molar-refractivity contribution in [2.24, 2.45) is 0 Å². The molecule has 21 heteroatoms. The van der Waals surface area contributed by atoms with E-state index in [1.165, 1.54) is 44.6 Å². The van der Waals surface area contributed by atoms with Gasteiger partial charge in [0.1, 0.15) is 30.7 Å². The Morgan fingerprint density at radius 1 is 0.712 bits per heavy atom. The van der Waals surface area contributed by atoms with E-state index >= 15 is 0 Å². The zero-order valence-corrected chi connectivity index (χ0v) is 45.1. The molecule has 0 radical (unpaired) electrons. The lowest BCUT2D eigenvalue weighted by Crippen LogP contribution is -2.36. The molecule has 7 N–H and O–H groups in total. The Kier molecular flexibility index (Phi) is 35.7. The first-order valence-electron chi connectivity index (χ1n) is 26.4. The minimum Gasteiger partial charge on any atom is -0.462 e. The van der Waals surface area contributed by atoms with Crippen molar-refractivity contribution in [2.75, 3.05) is 25.6 Å². The summed E-state index contributed by atoms with van der Waals surface area (Å²) in [6.45, 7) is 1.94. The lowest BCUT2D eigenvalue weighted by atomic mass is 10.1. The monoisotopic (exact) mass is 1070 g/mol. The lowest BCUT2D eigenvalue weighted by molar-refractivity contribution is -0.161. The number of anilines is 1. The first kappa shape index (κ1) is 65.5. The van der Waals surface area contributed by atoms with Crippen molar-refractivity contribution >= 4 is 33.4 Å². The van der Waals surface area contributed by atoms with Crippen molar-refractivity contribution in [1.82, 2.24) is 9.55 Å². The number of allylic oxidation sites excluding steroid dienone is 9. The number of aliphatic hydroxyl groups is 3. The summed E-state index contributed by atoms with van der Waals surface area (Å²) in [7, 11) is -10.9. The van der Waals surface area contributed by atoms with Crippen molar-refractivity contribution in [3.05, 3.63) is 83.5 Å². The van der Waals surface area contributed by atoms with Gasteiger partial charge in [0.05, 0.1) is 19.3 Å². The largest absolute Gasteiger partial charge is 0.481 e. The third-order valence-corrected chi connectivity index (χ3v) is 14.2. The van der Waals surface area contributed by atoms with Gasteiger partial charge in [-0.2, -0.15) is 9.29 Å². The highest BCUT2D eigenvalue weighted by atomic mass is 31.3. The Bertz CT molecular complexity index is 1980. The summed E-state index contributed by atoms with van der Waals surface area (Å²) >= 11 is 0. The van der Waals surface area contributed by atoms with E-state index in [0.29, 0.717) is 19.3 Å². The van der Waals surface area contributed by atoms with Crippen LogP contribution in [0.25, 0.3) is 0 Å². The molecule has 0 saturated carbocycles. The number of aromatic nitrogens is 2. The van der Waals surface area contributed by atoms with Crippen molar-refractivity contribution in [3.63, 3.8) is 0 Å². The number of hydrogen-bond donors (Lipinski definition) is 6. The molecule has 1 saturated heterocycles. The van der Waals surface area contributed by atoms with Crippen LogP contribution < -0.4 is 11.4 Å². The quantitative estimate of drug-likeness (QED) is 0.0153. The second-order valence-corrected chi connectivity index (χ2v) is 21.2. The number of ether oxygens (including phenoxy) is 3. The summed E-state index contributed by atoms with van der Waals surface area (Å²) < 4.78 is 56.7. The van der Waals surface area contributed by atoms with E-state index in [9.17, 15) is 48.6 Å². The fourth-order valence-electron chi connectivity index (χ4n) is 7.50. The fraction of sp³-hybridized carbons (Fsp3) is 0.692. The number of phosphoric acid groups is 2. The molecule has 2 rings (SSSR count). The van der Waals surface area contributed by atoms with Gasteiger partial charge in [-0.05, 0) is 76.7 Å². The second-order valence-electron chi connectivity index (χ2n) is 18.2. The summed E-state index contributed by atoms with van der Waals surface area (Å²) in [6, 6.07) is 1.24. The molecule has 416 valence electrons. The van der Waals surface area contributed by atoms with E-state index in [4.69, 9.17) is 29.0 Å². The SMILES string of the molecule is CCCCCCCC/C=C\CCCCCCCCCC(=O)O[C@H](COC(=O)CCC/C=C\C/C=C\C/C=C\C/C=C\[C@@H](O)CCCC)COP(=O)(O)OP(=O)(O)OC[C@H]1O[C@@H](n2ccc(N)nc2=O)[C@H](O)[C@@H]1O. The Labute approximate surface area is 433 Å². The Morgan fingerprint density at radius 2 is 1.25 bits per heavy atom. The molecular weight excluding hydrogens is 985 g/mol. The van der Waals surface area contributed by atoms with Crippen LogP contribution in [0.4, 0.5) is 5.82 Å². The van der Waals surface area contributed by atoms with Crippen LogP contribution in [0.3, 0.4) is 0 Å². The summed E-state index contributed by atoms with van der Waals surface area (Å²) in [5.74, 6) is -1.39. The zero-order valence-electron chi connectivity index (χ0n) is 43.3. The molecule has 2 heterocycles. The summed E-state index contributed by atoms with van der Waals surface area (Å²) in [5, 5.41) is 30.8. The predicted molar refractivity (Wildman–Crippen MR) is 281 cm³/mol. The van der Waals surface area contributed by atoms with Crippen LogP contribution in [0.1, 0.15) is 181 Å². The minimum absolute atomic E-state index is 0.0236. The van der Waals surface area contributed by atoms with Crippen LogP contribution in [0, 0.1) is 0 Å². The van der Waals surface area contributed by atoms with Crippen LogP contribution in [-0.2, 0) is 46.3 Å². The first-order chi connectivity index (χ1) is 35.1. The predicted octanol–water partition coefficient (Wildman–Crippen LogP) is 10.1. The number of hydrogen-bond acceptors (Lipinski definition) is 16. The smallest absolute Gasteiger partial charge is 0.462 e. The van der Waals surface area contributed by atoms with Crippen molar-refractivity contribution in [1.29, 1.82) is 0 Å². The van der Waals surface area contributed by atoms with Gasteiger partial charge in [-0.15, -0.1) is 0 Å². The summed E-state index contributed by atoms with van der Waals surface area (Å²) in [6.07, 6.45) is 36.3. The number of nitrogens with two attached hydrogens (primary N) is 1. The van der Waals surface area contributed by atoms with Gasteiger partial charge < -0.3 is 45.1 Å². The van der Waals surface area contributed by atoms with Crippen LogP contribution in [0.15, 0.2) is 77.8 Å². The number of rotatable bonds is 43. The normalized spacial score (nSPS) is 19.9. The highest BCUT2D eigenvalue weighted by Crippen LogP contribution is 2.60. The Morgan fingerprint density at radius 3 is 1.88 bits per heavy atom. The molecule has 0 aliphatic carbocycles. The Balaban J connectivity index is 1.82. The average molecular weight is 1070 g/mol. The highest BCUT2D eigenvalue weighted by Gasteiger charge is 2.46. The Hall–Kier alpha value is -3.58. The van der Waals surface area contributed by atoms with Crippen molar-refractivity contribution in [2.45, 2.75) is 211 Å². The van der Waals surface area contributed by atoms with Crippen molar-refractivity contribution in [3.8, 4) is 0 Å². The summed E-state index contributed by atoms with van der Waals surface area (Å²) in [4.78, 5) is 61.9. The highest BCUT2D eigenvalue weighted by molar-refractivity contribution is 7.61. The van der Waals surface area contributed by atoms with Gasteiger partial charge >= 0.3 is 33.3 Å². The van der Waals surface area contributed by atoms with Gasteiger partial charge in [0.15, 0.2) is 12.3 Å². The van der Waals surface area contributed by atoms with Gasteiger partial charge in [-0.25, -0.2) is 13.9 Å². The third kappa shape index (κ3) is 32.5. The summed E-state index contributed by atoms with van der Waals surface area (Å²) in [5.41, 5.74) is 4.58. The van der Waals surface area contributed by atoms with E-state index < -0.39 is 83.7 Å². The molecule has 0 bridgehead atoms. The number of nitrogens with zero attached hydrogens (tertiary/aromatic N) is 2. The molecule has 1 aromatic rings. The van der Waals surface area contributed by atoms with Crippen LogP contribution >= 0.6 is 15.6 Å². The number of aliphatic hydroxyl groups excluding tert-OH is 3. The van der Waals surface area contributed by atoms with Gasteiger partial charge in [0.2, 0.25) is 0 Å². The molecule has 2 unspecified atom stereocenters. The molecular formula is C52H87N3O16P2. The van der Waals surface area contributed by atoms with Gasteiger partial charge in [-0.3, -0.25) is 23.2 Å². The first-order valence-corrected chi connectivity index (χ1v) is 29.4. The molecule has 1 aromatic heterocycles. The average Bonchev–Trinajstić information content (AvgIpc) is 3.62. The number of unbranched alkanes of at least 4 members (excludes halogenated alkanes) is 15. The van der Waals surface area contributed by atoms with E-state index in [-0.39, 0.29) is 24.8 Å². The molecule has 0 aromatic carbocycles. The molecule has 73 heavy (non-hydrogen) atoms. The van der Waals surface area contributed by atoms with Crippen LogP contribution in [0.5, 0.6) is 0 Å². The molecule has 8 atom stereocenters. The maximum Gasteiger partial charge on any atom is 0.481 e. The molecule has 1 fully saturated rings. The zero-order chi connectivity index (χ0) is 53.6. The molecule has 1 aliphatic heterocycles. The second kappa shape index (κ2) is 39.8. The van der Waals surface area contributed by atoms with E-state index in [0.717, 1.165) is 101 Å². The van der Waals surface area contributed by atoms with E-state index in [1.807, 2.05) is 30.4 Å². The molecule has 19 nitrogen and oxygen atoms in total. The topological polar surface area (TPSA) is 286 Å². The van der Waals surface area contributed by atoms with Crippen LogP contribution in [0.2, 0.25) is 0 Å². The van der Waals surface area contributed by atoms with Gasteiger partial charge in [0, 0.05) is 19.0 Å². The minimum atomic E-state index is -5.44. The number of nitrogen functional groups attached to an aromatic ring is 1. The van der Waals surface area contributed by atoms with Gasteiger partial charge in [0.25, 0.3) is 0 Å². The lowest BCUT2D eigenvalue weighted by Gasteiger charge is -2.21. The fourth-order valence-corrected chi connectivity index (χ4v) is 9.61. The van der Waals surface area contributed by atoms with Crippen LogP contribution in [-0.4, -0.2) is 96.9 Å².